The summed E-state index contributed by atoms with van der Waals surface area (Å²) in [7, 11) is 0. The molecule has 0 heterocycles. The van der Waals surface area contributed by atoms with Crippen molar-refractivity contribution >= 4 is 27.7 Å². The molecule has 1 aromatic rings. The van der Waals surface area contributed by atoms with Crippen molar-refractivity contribution < 1.29 is 0 Å². The molecule has 0 saturated carbocycles. The number of rotatable bonds is 7. The zero-order valence-electron chi connectivity index (χ0n) is 10.7. The summed E-state index contributed by atoms with van der Waals surface area (Å²) in [6, 6.07) is 8.50. The van der Waals surface area contributed by atoms with Gasteiger partial charge in [-0.1, -0.05) is 48.7 Å². The van der Waals surface area contributed by atoms with Gasteiger partial charge in [0.25, 0.3) is 0 Å². The molecule has 17 heavy (non-hydrogen) atoms. The van der Waals surface area contributed by atoms with Crippen LogP contribution in [0.25, 0.3) is 0 Å². The van der Waals surface area contributed by atoms with Crippen LogP contribution in [-0.2, 0) is 0 Å². The minimum atomic E-state index is 0.213. The standard InChI is InChI=1S/C14H22BrNS/c1-3-8-14(11-16,9-4-2)17-13-7-5-6-12(15)10-13/h5-7,10H,3-4,8-9,11,16H2,1-2H3. The Hall–Kier alpha value is 0.01000. The summed E-state index contributed by atoms with van der Waals surface area (Å²) < 4.78 is 1.35. The molecule has 0 saturated heterocycles. The molecule has 1 aromatic carbocycles. The Balaban J connectivity index is 2.84. The van der Waals surface area contributed by atoms with Crippen LogP contribution < -0.4 is 5.73 Å². The molecule has 0 aliphatic carbocycles. The Morgan fingerprint density at radius 2 is 1.88 bits per heavy atom. The third-order valence-electron chi connectivity index (χ3n) is 2.91. The summed E-state index contributed by atoms with van der Waals surface area (Å²) in [5.41, 5.74) is 6.03. The van der Waals surface area contributed by atoms with E-state index < -0.39 is 0 Å². The second-order valence-corrected chi connectivity index (χ2v) is 6.90. The summed E-state index contributed by atoms with van der Waals surface area (Å²) in [6.07, 6.45) is 4.76. The van der Waals surface area contributed by atoms with Gasteiger partial charge in [-0.2, -0.15) is 0 Å². The first kappa shape index (κ1) is 15.1. The van der Waals surface area contributed by atoms with E-state index in [1.807, 2.05) is 11.8 Å². The van der Waals surface area contributed by atoms with Crippen molar-refractivity contribution in [1.29, 1.82) is 0 Å². The second-order valence-electron chi connectivity index (χ2n) is 4.45. The lowest BCUT2D eigenvalue weighted by Gasteiger charge is -2.31. The molecule has 0 atom stereocenters. The summed E-state index contributed by atoms with van der Waals surface area (Å²) in [6.45, 7) is 5.23. The predicted octanol–water partition coefficient (Wildman–Crippen LogP) is 4.84. The predicted molar refractivity (Wildman–Crippen MR) is 81.6 cm³/mol. The van der Waals surface area contributed by atoms with E-state index in [2.05, 4.69) is 54.0 Å². The third kappa shape index (κ3) is 4.65. The minimum absolute atomic E-state index is 0.213. The largest absolute Gasteiger partial charge is 0.329 e. The van der Waals surface area contributed by atoms with Crippen molar-refractivity contribution in [2.75, 3.05) is 6.54 Å². The molecule has 0 aliphatic rings. The van der Waals surface area contributed by atoms with E-state index >= 15 is 0 Å². The summed E-state index contributed by atoms with van der Waals surface area (Å²) in [5.74, 6) is 0. The smallest absolute Gasteiger partial charge is 0.0329 e. The quantitative estimate of drug-likeness (QED) is 0.729. The van der Waals surface area contributed by atoms with E-state index in [4.69, 9.17) is 5.73 Å². The van der Waals surface area contributed by atoms with E-state index in [-0.39, 0.29) is 4.75 Å². The fourth-order valence-corrected chi connectivity index (χ4v) is 4.24. The lowest BCUT2D eigenvalue weighted by molar-refractivity contribution is 0.498. The summed E-state index contributed by atoms with van der Waals surface area (Å²) in [5, 5.41) is 0. The highest BCUT2D eigenvalue weighted by molar-refractivity contribution is 9.10. The molecule has 0 amide bonds. The average molecular weight is 316 g/mol. The van der Waals surface area contributed by atoms with E-state index in [9.17, 15) is 0 Å². The first-order valence-electron chi connectivity index (χ1n) is 6.30. The van der Waals surface area contributed by atoms with E-state index in [1.165, 1.54) is 30.6 Å². The van der Waals surface area contributed by atoms with Gasteiger partial charge in [0.15, 0.2) is 0 Å². The fourth-order valence-electron chi connectivity index (χ4n) is 2.16. The molecule has 0 aromatic heterocycles. The number of halogens is 1. The molecule has 0 fully saturated rings. The molecular weight excluding hydrogens is 294 g/mol. The van der Waals surface area contributed by atoms with Gasteiger partial charge in [-0.05, 0) is 31.0 Å². The average Bonchev–Trinajstić information content (AvgIpc) is 2.29. The van der Waals surface area contributed by atoms with Crippen LogP contribution in [0.2, 0.25) is 0 Å². The molecule has 0 unspecified atom stereocenters. The summed E-state index contributed by atoms with van der Waals surface area (Å²) >= 11 is 5.47. The van der Waals surface area contributed by atoms with Crippen molar-refractivity contribution in [3.63, 3.8) is 0 Å². The second kappa shape index (κ2) is 7.45. The van der Waals surface area contributed by atoms with Crippen LogP contribution in [0.4, 0.5) is 0 Å². The monoisotopic (exact) mass is 315 g/mol. The Morgan fingerprint density at radius 1 is 1.24 bits per heavy atom. The van der Waals surface area contributed by atoms with Gasteiger partial charge >= 0.3 is 0 Å². The first-order chi connectivity index (χ1) is 8.15. The number of thioether (sulfide) groups is 1. The van der Waals surface area contributed by atoms with Gasteiger partial charge in [-0.25, -0.2) is 0 Å². The summed E-state index contributed by atoms with van der Waals surface area (Å²) in [4.78, 5) is 1.31. The maximum absolute atomic E-state index is 6.03. The van der Waals surface area contributed by atoms with Crippen LogP contribution >= 0.6 is 27.7 Å². The van der Waals surface area contributed by atoms with Crippen molar-refractivity contribution in [2.45, 2.75) is 49.2 Å². The van der Waals surface area contributed by atoms with Gasteiger partial charge in [-0.3, -0.25) is 0 Å². The van der Waals surface area contributed by atoms with Crippen LogP contribution in [0.1, 0.15) is 39.5 Å². The third-order valence-corrected chi connectivity index (χ3v) is 4.90. The Bertz CT molecular complexity index is 335. The number of hydrogen-bond acceptors (Lipinski definition) is 2. The van der Waals surface area contributed by atoms with Crippen LogP contribution in [0, 0.1) is 0 Å². The van der Waals surface area contributed by atoms with Crippen LogP contribution in [-0.4, -0.2) is 11.3 Å². The van der Waals surface area contributed by atoms with E-state index in [0.717, 1.165) is 11.0 Å². The Labute approximate surface area is 118 Å². The molecule has 0 radical (unpaired) electrons. The molecule has 0 aliphatic heterocycles. The molecule has 0 bridgehead atoms. The maximum atomic E-state index is 6.03. The highest BCUT2D eigenvalue weighted by Gasteiger charge is 2.27. The van der Waals surface area contributed by atoms with Crippen LogP contribution in [0.15, 0.2) is 33.6 Å². The molecule has 2 N–H and O–H groups in total. The first-order valence-corrected chi connectivity index (χ1v) is 7.91. The molecule has 3 heteroatoms. The van der Waals surface area contributed by atoms with Crippen molar-refractivity contribution in [3.05, 3.63) is 28.7 Å². The topological polar surface area (TPSA) is 26.0 Å². The minimum Gasteiger partial charge on any atom is -0.329 e. The highest BCUT2D eigenvalue weighted by Crippen LogP contribution is 2.40. The lowest BCUT2D eigenvalue weighted by atomic mass is 9.97. The lowest BCUT2D eigenvalue weighted by Crippen LogP contribution is -2.34. The van der Waals surface area contributed by atoms with E-state index in [0.29, 0.717) is 0 Å². The van der Waals surface area contributed by atoms with Gasteiger partial charge < -0.3 is 5.73 Å². The van der Waals surface area contributed by atoms with Crippen molar-refractivity contribution in [2.24, 2.45) is 5.73 Å². The maximum Gasteiger partial charge on any atom is 0.0329 e. The SMILES string of the molecule is CCCC(CN)(CCC)Sc1cccc(Br)c1. The van der Waals surface area contributed by atoms with E-state index in [1.54, 1.807) is 0 Å². The number of nitrogens with two attached hydrogens (primary N) is 1. The molecular formula is C14H22BrNS. The van der Waals surface area contributed by atoms with Gasteiger partial charge in [0.1, 0.15) is 0 Å². The highest BCUT2D eigenvalue weighted by atomic mass is 79.9. The van der Waals surface area contributed by atoms with Gasteiger partial charge in [0.05, 0.1) is 0 Å². The van der Waals surface area contributed by atoms with Crippen molar-refractivity contribution in [3.8, 4) is 0 Å². The van der Waals surface area contributed by atoms with Crippen LogP contribution in [0.3, 0.4) is 0 Å². The van der Waals surface area contributed by atoms with Crippen molar-refractivity contribution in [1.82, 2.24) is 0 Å². The normalized spacial score (nSPS) is 11.8. The molecule has 96 valence electrons. The van der Waals surface area contributed by atoms with Gasteiger partial charge in [-0.15, -0.1) is 11.8 Å². The zero-order chi connectivity index (χ0) is 12.7. The van der Waals surface area contributed by atoms with Gasteiger partial charge in [0, 0.05) is 20.7 Å². The fraction of sp³-hybridized carbons (Fsp3) is 0.571. The molecule has 0 spiro atoms. The molecule has 1 rings (SSSR count). The van der Waals surface area contributed by atoms with Crippen LogP contribution in [0.5, 0.6) is 0 Å². The zero-order valence-corrected chi connectivity index (χ0v) is 13.1. The molecule has 1 nitrogen and oxygen atoms in total. The Kier molecular flexibility index (Phi) is 6.60. The number of benzene rings is 1. The van der Waals surface area contributed by atoms with Gasteiger partial charge in [0.2, 0.25) is 0 Å². The Morgan fingerprint density at radius 3 is 2.35 bits per heavy atom. The number of hydrogen-bond donors (Lipinski definition) is 1.